The summed E-state index contributed by atoms with van der Waals surface area (Å²) in [6, 6.07) is 7.09. The van der Waals surface area contributed by atoms with Crippen LogP contribution in [0.1, 0.15) is 20.4 Å². The molecule has 0 bridgehead atoms. The molecule has 0 atom stereocenters. The van der Waals surface area contributed by atoms with Crippen molar-refractivity contribution in [1.29, 1.82) is 0 Å². The van der Waals surface area contributed by atoms with E-state index in [-0.39, 0.29) is 5.91 Å². The summed E-state index contributed by atoms with van der Waals surface area (Å²) < 4.78 is 5.61. The molecule has 0 saturated carbocycles. The number of aromatic nitrogens is 2. The zero-order valence-corrected chi connectivity index (χ0v) is 14.5. The maximum Gasteiger partial charge on any atom is 0.276 e. The van der Waals surface area contributed by atoms with Crippen molar-refractivity contribution in [2.24, 2.45) is 0 Å². The predicted octanol–water partition coefficient (Wildman–Crippen LogP) is 4.39. The average Bonchev–Trinajstić information content (AvgIpc) is 3.16. The van der Waals surface area contributed by atoms with Crippen molar-refractivity contribution in [3.63, 3.8) is 0 Å². The van der Waals surface area contributed by atoms with Gasteiger partial charge in [0.2, 0.25) is 0 Å². The molecule has 1 N–H and O–H groups in total. The second-order valence-electron chi connectivity index (χ2n) is 4.60. The second-order valence-corrected chi connectivity index (χ2v) is 7.21. The van der Waals surface area contributed by atoms with E-state index in [0.717, 1.165) is 9.88 Å². The Morgan fingerprint density at radius 2 is 2.13 bits per heavy atom. The first kappa shape index (κ1) is 15.9. The largest absolute Gasteiger partial charge is 0.486 e. The predicted molar refractivity (Wildman–Crippen MR) is 92.7 cm³/mol. The zero-order chi connectivity index (χ0) is 16.2. The van der Waals surface area contributed by atoms with Crippen molar-refractivity contribution < 1.29 is 9.53 Å². The maximum absolute atomic E-state index is 12.1. The Morgan fingerprint density at radius 3 is 2.83 bits per heavy atom. The summed E-state index contributed by atoms with van der Waals surface area (Å²) in [4.78, 5) is 21.5. The SMILES string of the molecule is Cc1cnc(NC(=O)c2csc(COc3ccc(Cl)cc3)n2)s1. The van der Waals surface area contributed by atoms with E-state index in [2.05, 4.69) is 15.3 Å². The summed E-state index contributed by atoms with van der Waals surface area (Å²) in [5, 5.41) is 6.38. The molecule has 0 unspecified atom stereocenters. The summed E-state index contributed by atoms with van der Waals surface area (Å²) in [5.41, 5.74) is 0.359. The molecule has 8 heteroatoms. The first-order chi connectivity index (χ1) is 11.1. The number of benzene rings is 1. The van der Waals surface area contributed by atoms with Gasteiger partial charge in [-0.3, -0.25) is 10.1 Å². The van der Waals surface area contributed by atoms with Crippen LogP contribution in [0.25, 0.3) is 0 Å². The Kier molecular flexibility index (Phi) is 4.90. The molecule has 3 aromatic rings. The van der Waals surface area contributed by atoms with E-state index in [1.807, 2.05) is 6.92 Å². The number of nitrogens with zero attached hydrogens (tertiary/aromatic N) is 2. The van der Waals surface area contributed by atoms with Crippen LogP contribution in [-0.2, 0) is 6.61 Å². The molecule has 2 heterocycles. The molecule has 2 aromatic heterocycles. The molecule has 0 aliphatic carbocycles. The molecule has 0 aliphatic heterocycles. The number of carbonyl (C=O) groups is 1. The highest BCUT2D eigenvalue weighted by molar-refractivity contribution is 7.15. The Balaban J connectivity index is 1.59. The first-order valence-electron chi connectivity index (χ1n) is 6.67. The molecular weight excluding hydrogens is 354 g/mol. The standard InChI is InChI=1S/C15H12ClN3O2S2/c1-9-6-17-15(23-9)19-14(20)12-8-22-13(18-12)7-21-11-4-2-10(16)3-5-11/h2-6,8H,7H2,1H3,(H,17,19,20). The number of hydrogen-bond donors (Lipinski definition) is 1. The number of anilines is 1. The van der Waals surface area contributed by atoms with E-state index in [0.29, 0.717) is 28.2 Å². The van der Waals surface area contributed by atoms with E-state index >= 15 is 0 Å². The first-order valence-corrected chi connectivity index (χ1v) is 8.74. The van der Waals surface area contributed by atoms with Gasteiger partial charge < -0.3 is 4.74 Å². The van der Waals surface area contributed by atoms with Crippen molar-refractivity contribution in [2.45, 2.75) is 13.5 Å². The summed E-state index contributed by atoms with van der Waals surface area (Å²) in [6.45, 7) is 2.23. The minimum atomic E-state index is -0.270. The number of halogens is 1. The van der Waals surface area contributed by atoms with Gasteiger partial charge in [0.1, 0.15) is 23.1 Å². The van der Waals surface area contributed by atoms with E-state index in [4.69, 9.17) is 16.3 Å². The highest BCUT2D eigenvalue weighted by Crippen LogP contribution is 2.20. The number of nitrogens with one attached hydrogen (secondary N) is 1. The molecule has 0 fully saturated rings. The second kappa shape index (κ2) is 7.08. The van der Waals surface area contributed by atoms with Crippen molar-refractivity contribution in [3.8, 4) is 5.75 Å². The number of aryl methyl sites for hydroxylation is 1. The molecule has 5 nitrogen and oxygen atoms in total. The van der Waals surface area contributed by atoms with Crippen molar-refractivity contribution in [3.05, 3.63) is 56.4 Å². The quantitative estimate of drug-likeness (QED) is 0.728. The van der Waals surface area contributed by atoms with Crippen LogP contribution >= 0.6 is 34.3 Å². The molecule has 0 saturated heterocycles. The van der Waals surface area contributed by atoms with Crippen LogP contribution in [0.4, 0.5) is 5.13 Å². The minimum Gasteiger partial charge on any atom is -0.486 e. The lowest BCUT2D eigenvalue weighted by Crippen LogP contribution is -2.12. The highest BCUT2D eigenvalue weighted by atomic mass is 35.5. The molecule has 0 spiro atoms. The van der Waals surface area contributed by atoms with Crippen LogP contribution in [0.15, 0.2) is 35.8 Å². The lowest BCUT2D eigenvalue weighted by molar-refractivity contribution is 0.102. The average molecular weight is 366 g/mol. The maximum atomic E-state index is 12.1. The van der Waals surface area contributed by atoms with Gasteiger partial charge in [-0.2, -0.15) is 0 Å². The molecule has 23 heavy (non-hydrogen) atoms. The minimum absolute atomic E-state index is 0.270. The number of ether oxygens (including phenoxy) is 1. The summed E-state index contributed by atoms with van der Waals surface area (Å²) in [5.74, 6) is 0.433. The molecule has 1 aromatic carbocycles. The third kappa shape index (κ3) is 4.28. The van der Waals surface area contributed by atoms with Gasteiger partial charge in [0.15, 0.2) is 5.13 Å². The van der Waals surface area contributed by atoms with E-state index in [1.54, 1.807) is 35.8 Å². The third-order valence-corrected chi connectivity index (χ3v) is 4.70. The fraction of sp³-hybridized carbons (Fsp3) is 0.133. The number of thiazole rings is 2. The lowest BCUT2D eigenvalue weighted by Gasteiger charge is -2.03. The smallest absolute Gasteiger partial charge is 0.276 e. The van der Waals surface area contributed by atoms with Crippen LogP contribution in [0, 0.1) is 6.92 Å². The number of carbonyl (C=O) groups excluding carboxylic acids is 1. The Labute approximate surface area is 145 Å². The van der Waals surface area contributed by atoms with Crippen LogP contribution < -0.4 is 10.1 Å². The number of rotatable bonds is 5. The Morgan fingerprint density at radius 1 is 1.35 bits per heavy atom. The summed E-state index contributed by atoms with van der Waals surface area (Å²) >= 11 is 8.62. The molecule has 0 aliphatic rings. The number of amides is 1. The van der Waals surface area contributed by atoms with Gasteiger partial charge in [0.25, 0.3) is 5.91 Å². The van der Waals surface area contributed by atoms with Crippen LogP contribution in [-0.4, -0.2) is 15.9 Å². The van der Waals surface area contributed by atoms with E-state index < -0.39 is 0 Å². The normalized spacial score (nSPS) is 10.5. The van der Waals surface area contributed by atoms with Gasteiger partial charge >= 0.3 is 0 Å². The molecule has 0 radical (unpaired) electrons. The van der Waals surface area contributed by atoms with Gasteiger partial charge in [-0.05, 0) is 31.2 Å². The molecular formula is C15H12ClN3O2S2. The van der Waals surface area contributed by atoms with Crippen molar-refractivity contribution in [2.75, 3.05) is 5.32 Å². The van der Waals surface area contributed by atoms with E-state index in [9.17, 15) is 4.79 Å². The molecule has 1 amide bonds. The monoisotopic (exact) mass is 365 g/mol. The number of hydrogen-bond acceptors (Lipinski definition) is 6. The van der Waals surface area contributed by atoms with Gasteiger partial charge in [-0.15, -0.1) is 22.7 Å². The molecule has 118 valence electrons. The van der Waals surface area contributed by atoms with Crippen LogP contribution in [0.5, 0.6) is 5.75 Å². The highest BCUT2D eigenvalue weighted by Gasteiger charge is 2.13. The molecule has 3 rings (SSSR count). The van der Waals surface area contributed by atoms with Gasteiger partial charge in [-0.1, -0.05) is 11.6 Å². The third-order valence-electron chi connectivity index (χ3n) is 2.80. The van der Waals surface area contributed by atoms with Crippen LogP contribution in [0.3, 0.4) is 0 Å². The van der Waals surface area contributed by atoms with Crippen molar-refractivity contribution >= 4 is 45.3 Å². The fourth-order valence-corrected chi connectivity index (χ4v) is 3.20. The summed E-state index contributed by atoms with van der Waals surface area (Å²) in [6.07, 6.45) is 1.71. The van der Waals surface area contributed by atoms with Crippen LogP contribution in [0.2, 0.25) is 5.02 Å². The fourth-order valence-electron chi connectivity index (χ4n) is 1.73. The van der Waals surface area contributed by atoms with Gasteiger partial charge in [-0.25, -0.2) is 9.97 Å². The van der Waals surface area contributed by atoms with E-state index in [1.165, 1.54) is 22.7 Å². The van der Waals surface area contributed by atoms with Crippen molar-refractivity contribution in [1.82, 2.24) is 9.97 Å². The zero-order valence-electron chi connectivity index (χ0n) is 12.1. The summed E-state index contributed by atoms with van der Waals surface area (Å²) in [7, 11) is 0. The van der Waals surface area contributed by atoms with Gasteiger partial charge in [0, 0.05) is 21.5 Å². The van der Waals surface area contributed by atoms with Gasteiger partial charge in [0.05, 0.1) is 0 Å². The topological polar surface area (TPSA) is 64.1 Å². The Hall–Kier alpha value is -1.96. The Bertz CT molecular complexity index is 814. The lowest BCUT2D eigenvalue weighted by atomic mass is 10.3.